The molecule has 184 valence electrons. The van der Waals surface area contributed by atoms with Gasteiger partial charge in [0.05, 0.1) is 16.8 Å². The number of aromatic nitrogens is 4. The van der Waals surface area contributed by atoms with Crippen LogP contribution >= 0.6 is 0 Å². The lowest BCUT2D eigenvalue weighted by molar-refractivity contribution is 0.0807. The van der Waals surface area contributed by atoms with Gasteiger partial charge in [-0.25, -0.2) is 13.4 Å². The second kappa shape index (κ2) is 8.28. The second-order valence-electron chi connectivity index (χ2n) is 9.83. The minimum absolute atomic E-state index is 0.0113. The number of pyridine rings is 1. The summed E-state index contributed by atoms with van der Waals surface area (Å²) in [6, 6.07) is 7.35. The number of nitrogens with zero attached hydrogens (tertiary/aromatic N) is 5. The Hall–Kier alpha value is -3.02. The van der Waals surface area contributed by atoms with Gasteiger partial charge < -0.3 is 15.0 Å². The summed E-state index contributed by atoms with van der Waals surface area (Å²) >= 11 is 0. The summed E-state index contributed by atoms with van der Waals surface area (Å²) in [5, 5.41) is 11.2. The molecule has 2 saturated heterocycles. The predicted octanol–water partition coefficient (Wildman–Crippen LogP) is 2.43. The molecule has 0 amide bonds. The molecule has 2 aliphatic heterocycles. The number of likely N-dealkylation sites (tertiary alicyclic amines) is 1. The van der Waals surface area contributed by atoms with Gasteiger partial charge in [0, 0.05) is 42.9 Å². The van der Waals surface area contributed by atoms with Crippen LogP contribution in [-0.4, -0.2) is 78.1 Å². The van der Waals surface area contributed by atoms with E-state index in [0.717, 1.165) is 55.6 Å². The molecular formula is C24H29N7O3S. The normalized spacial score (nSPS) is 21.2. The van der Waals surface area contributed by atoms with E-state index in [9.17, 15) is 8.42 Å². The zero-order valence-corrected chi connectivity index (χ0v) is 20.2. The molecule has 3 aromatic rings. The van der Waals surface area contributed by atoms with Crippen molar-refractivity contribution in [3.8, 4) is 17.0 Å². The molecule has 4 heterocycles. The molecule has 2 fully saturated rings. The largest absolute Gasteiger partial charge is 0.481 e. The van der Waals surface area contributed by atoms with E-state index in [2.05, 4.69) is 43.5 Å². The van der Waals surface area contributed by atoms with E-state index in [4.69, 9.17) is 8.85 Å². The molecule has 0 unspecified atom stereocenters. The number of hydrogen-bond acceptors (Lipinski definition) is 8. The van der Waals surface area contributed by atoms with Crippen LogP contribution in [0.5, 0.6) is 5.88 Å². The van der Waals surface area contributed by atoms with Crippen molar-refractivity contribution in [1.82, 2.24) is 29.4 Å². The standard InChI is InChI=1S/C24H29N7O3S/c1-30-11-9-24(13-30)14-31(15-24)35(32,33)23-27-22(28-29-23)26-21-18-5-3-4-16(18)6-7-19(21)17-8-10-25-20(12-17)34-2/h6-8,10,12H,3-5,9,11,13-15H2,1-2H3,(H2,26,27,28,29)/i2D3. The van der Waals surface area contributed by atoms with Crippen LogP contribution in [0.1, 0.15) is 28.1 Å². The van der Waals surface area contributed by atoms with Crippen molar-refractivity contribution in [1.29, 1.82) is 0 Å². The number of methoxy groups -OCH3 is 1. The number of nitrogens with one attached hydrogen (secondary N) is 2. The van der Waals surface area contributed by atoms with E-state index in [1.165, 1.54) is 16.1 Å². The molecule has 1 aliphatic carbocycles. The molecular weight excluding hydrogens is 466 g/mol. The van der Waals surface area contributed by atoms with Gasteiger partial charge in [0.25, 0.3) is 15.2 Å². The maximum absolute atomic E-state index is 13.2. The summed E-state index contributed by atoms with van der Waals surface area (Å²) in [6.07, 6.45) is 5.27. The molecule has 1 aromatic carbocycles. The van der Waals surface area contributed by atoms with E-state index in [1.807, 2.05) is 6.07 Å². The number of fused-ring (bicyclic) bond motifs is 1. The zero-order chi connectivity index (χ0) is 26.7. The van der Waals surface area contributed by atoms with Crippen molar-refractivity contribution in [3.63, 3.8) is 0 Å². The summed E-state index contributed by atoms with van der Waals surface area (Å²) in [5.41, 5.74) is 4.60. The SMILES string of the molecule is [2H]C([2H])([2H])Oc1cc(-c2ccc3c(c2Nc2nnc(S(=O)(=O)N4CC5(CCN(C)C5)C4)[nH]2)CCC3)ccn1. The van der Waals surface area contributed by atoms with Crippen molar-refractivity contribution >= 4 is 21.7 Å². The lowest BCUT2D eigenvalue weighted by atomic mass is 9.81. The first-order chi connectivity index (χ1) is 18.0. The second-order valence-corrected chi connectivity index (χ2v) is 11.7. The topological polar surface area (TPSA) is 116 Å². The Bertz CT molecular complexity index is 1490. The van der Waals surface area contributed by atoms with Crippen LogP contribution in [0.3, 0.4) is 0 Å². The van der Waals surface area contributed by atoms with Crippen molar-refractivity contribution in [3.05, 3.63) is 41.6 Å². The molecule has 11 heteroatoms. The maximum Gasteiger partial charge on any atom is 0.278 e. The highest BCUT2D eigenvalue weighted by Gasteiger charge is 2.51. The molecule has 0 radical (unpaired) electrons. The van der Waals surface area contributed by atoms with Crippen molar-refractivity contribution < 1.29 is 17.3 Å². The quantitative estimate of drug-likeness (QED) is 0.532. The third-order valence-corrected chi connectivity index (χ3v) is 8.99. The third-order valence-electron chi connectivity index (χ3n) is 7.38. The van der Waals surface area contributed by atoms with Gasteiger partial charge in [0.1, 0.15) is 0 Å². The summed E-state index contributed by atoms with van der Waals surface area (Å²) in [4.78, 5) is 9.12. The van der Waals surface area contributed by atoms with Crippen molar-refractivity contribution in [2.45, 2.75) is 30.8 Å². The Kier molecular flexibility index (Phi) is 4.54. The van der Waals surface area contributed by atoms with Crippen LogP contribution in [0.4, 0.5) is 11.6 Å². The number of aromatic amines is 1. The molecule has 0 saturated carbocycles. The monoisotopic (exact) mass is 498 g/mol. The molecule has 0 bridgehead atoms. The average molecular weight is 499 g/mol. The van der Waals surface area contributed by atoms with Gasteiger partial charge in [-0.2, -0.15) is 4.31 Å². The van der Waals surface area contributed by atoms with Gasteiger partial charge >= 0.3 is 0 Å². The maximum atomic E-state index is 13.2. The smallest absolute Gasteiger partial charge is 0.278 e. The summed E-state index contributed by atoms with van der Waals surface area (Å²) in [6.45, 7) is 2.86. The lowest BCUT2D eigenvalue weighted by Gasteiger charge is -2.46. The van der Waals surface area contributed by atoms with Crippen LogP contribution in [0.25, 0.3) is 11.1 Å². The Morgan fingerprint density at radius 1 is 1.20 bits per heavy atom. The molecule has 35 heavy (non-hydrogen) atoms. The molecule has 6 rings (SSSR count). The minimum Gasteiger partial charge on any atom is -0.481 e. The number of ether oxygens (including phenoxy) is 1. The summed E-state index contributed by atoms with van der Waals surface area (Å²) in [7, 11) is -4.34. The molecule has 0 atom stereocenters. The number of aryl methyl sites for hydroxylation is 1. The summed E-state index contributed by atoms with van der Waals surface area (Å²) < 4.78 is 55.0. The van der Waals surface area contributed by atoms with Crippen LogP contribution in [-0.2, 0) is 22.9 Å². The van der Waals surface area contributed by atoms with E-state index in [0.29, 0.717) is 18.7 Å². The fourth-order valence-corrected chi connectivity index (χ4v) is 7.13. The van der Waals surface area contributed by atoms with Crippen LogP contribution < -0.4 is 10.1 Å². The van der Waals surface area contributed by atoms with Gasteiger partial charge in [-0.05, 0) is 62.0 Å². The molecule has 1 spiro atoms. The molecule has 2 aromatic heterocycles. The van der Waals surface area contributed by atoms with Crippen LogP contribution in [0, 0.1) is 5.41 Å². The number of rotatable bonds is 6. The Labute approximate surface area is 209 Å². The molecule has 3 aliphatic rings. The minimum atomic E-state index is -3.78. The van der Waals surface area contributed by atoms with Crippen LogP contribution in [0.15, 0.2) is 35.6 Å². The van der Waals surface area contributed by atoms with Crippen molar-refractivity contribution in [2.75, 3.05) is 45.6 Å². The highest BCUT2D eigenvalue weighted by molar-refractivity contribution is 7.89. The first-order valence-corrected chi connectivity index (χ1v) is 13.1. The van der Waals surface area contributed by atoms with Crippen LogP contribution in [0.2, 0.25) is 0 Å². The Balaban J connectivity index is 1.28. The zero-order valence-electron chi connectivity index (χ0n) is 22.4. The number of hydrogen-bond donors (Lipinski definition) is 2. The average Bonchev–Trinajstić information content (AvgIpc) is 3.57. The Morgan fingerprint density at radius 2 is 2.09 bits per heavy atom. The fourth-order valence-electron chi connectivity index (χ4n) is 5.63. The number of anilines is 2. The van der Waals surface area contributed by atoms with Gasteiger partial charge in [-0.15, -0.1) is 10.2 Å². The number of H-pyrrole nitrogens is 1. The van der Waals surface area contributed by atoms with Gasteiger partial charge in [0.2, 0.25) is 11.8 Å². The molecule has 10 nitrogen and oxygen atoms in total. The van der Waals surface area contributed by atoms with Crippen molar-refractivity contribution in [2.24, 2.45) is 5.41 Å². The fraction of sp³-hybridized carbons (Fsp3) is 0.458. The number of sulfonamides is 1. The molecule has 2 N–H and O–H groups in total. The summed E-state index contributed by atoms with van der Waals surface area (Å²) in [5.74, 6) is 0.205. The first-order valence-electron chi connectivity index (χ1n) is 13.2. The predicted molar refractivity (Wildman–Crippen MR) is 131 cm³/mol. The van der Waals surface area contributed by atoms with E-state index < -0.39 is 17.1 Å². The van der Waals surface area contributed by atoms with E-state index in [1.54, 1.807) is 12.1 Å². The first kappa shape index (κ1) is 19.2. The highest BCUT2D eigenvalue weighted by Crippen LogP contribution is 2.42. The van der Waals surface area contributed by atoms with Gasteiger partial charge in [-0.3, -0.25) is 4.98 Å². The third kappa shape index (κ3) is 3.87. The highest BCUT2D eigenvalue weighted by atomic mass is 32.2. The van der Waals surface area contributed by atoms with Gasteiger partial charge in [-0.1, -0.05) is 12.1 Å². The lowest BCUT2D eigenvalue weighted by Crippen LogP contribution is -2.59. The number of benzene rings is 1. The Morgan fingerprint density at radius 3 is 2.89 bits per heavy atom. The van der Waals surface area contributed by atoms with Gasteiger partial charge in [0.15, 0.2) is 0 Å². The van der Waals surface area contributed by atoms with E-state index in [-0.39, 0.29) is 22.4 Å². The van der Waals surface area contributed by atoms with E-state index >= 15 is 0 Å².